The van der Waals surface area contributed by atoms with Crippen molar-refractivity contribution in [3.63, 3.8) is 0 Å². The molecule has 0 heterocycles. The van der Waals surface area contributed by atoms with Crippen LogP contribution in [0.5, 0.6) is 0 Å². The molecule has 0 spiro atoms. The SMILES string of the molecule is C=C/C=C\C=C(/CC)C1(C)C=CC(N=CN)=CC1. The molecule has 0 bridgehead atoms. The van der Waals surface area contributed by atoms with Crippen LogP contribution in [0, 0.1) is 5.41 Å². The molecule has 18 heavy (non-hydrogen) atoms. The number of allylic oxidation sites excluding steroid dienone is 8. The van der Waals surface area contributed by atoms with Gasteiger partial charge in [-0.1, -0.05) is 62.5 Å². The van der Waals surface area contributed by atoms with Gasteiger partial charge in [-0.05, 0) is 18.9 Å². The predicted molar refractivity (Wildman–Crippen MR) is 80.3 cm³/mol. The fourth-order valence-corrected chi connectivity index (χ4v) is 2.10. The van der Waals surface area contributed by atoms with Crippen LogP contribution >= 0.6 is 0 Å². The second-order valence-electron chi connectivity index (χ2n) is 4.53. The Balaban J connectivity index is 2.89. The van der Waals surface area contributed by atoms with Gasteiger partial charge in [-0.25, -0.2) is 4.99 Å². The van der Waals surface area contributed by atoms with Crippen LogP contribution in [0.1, 0.15) is 26.7 Å². The summed E-state index contributed by atoms with van der Waals surface area (Å²) in [6.07, 6.45) is 17.7. The summed E-state index contributed by atoms with van der Waals surface area (Å²) < 4.78 is 0. The number of nitrogens with zero attached hydrogens (tertiary/aromatic N) is 1. The Bertz CT molecular complexity index is 436. The molecule has 0 aromatic rings. The Morgan fingerprint density at radius 2 is 2.33 bits per heavy atom. The first-order valence-corrected chi connectivity index (χ1v) is 6.28. The molecule has 0 aliphatic heterocycles. The molecule has 2 N–H and O–H groups in total. The standard InChI is InChI=1S/C16H22N2/c1-4-6-7-8-14(5-2)16(3)11-9-15(10-12-16)18-13-17/h4,6-11,13H,1,5,12H2,2-3H3,(H2,17,18)/b7-6-,14-8+. The first-order chi connectivity index (χ1) is 8.66. The van der Waals surface area contributed by atoms with Gasteiger partial charge in [0.1, 0.15) is 0 Å². The summed E-state index contributed by atoms with van der Waals surface area (Å²) in [5.41, 5.74) is 7.72. The maximum absolute atomic E-state index is 5.30. The number of nitrogens with two attached hydrogens (primary N) is 1. The highest BCUT2D eigenvalue weighted by molar-refractivity contribution is 5.54. The van der Waals surface area contributed by atoms with Gasteiger partial charge in [0, 0.05) is 5.41 Å². The van der Waals surface area contributed by atoms with Crippen LogP contribution in [0.2, 0.25) is 0 Å². The third kappa shape index (κ3) is 3.59. The van der Waals surface area contributed by atoms with Crippen molar-refractivity contribution < 1.29 is 0 Å². The van der Waals surface area contributed by atoms with Gasteiger partial charge in [0.25, 0.3) is 0 Å². The lowest BCUT2D eigenvalue weighted by Gasteiger charge is -2.30. The molecule has 1 aliphatic rings. The maximum Gasteiger partial charge on any atom is 0.0860 e. The van der Waals surface area contributed by atoms with E-state index >= 15 is 0 Å². The minimum atomic E-state index is 0.0773. The van der Waals surface area contributed by atoms with Crippen molar-refractivity contribution in [3.05, 3.63) is 60.4 Å². The van der Waals surface area contributed by atoms with Crippen LogP contribution < -0.4 is 5.73 Å². The summed E-state index contributed by atoms with van der Waals surface area (Å²) in [5.74, 6) is 0. The summed E-state index contributed by atoms with van der Waals surface area (Å²) in [7, 11) is 0. The van der Waals surface area contributed by atoms with E-state index in [1.165, 1.54) is 11.9 Å². The smallest absolute Gasteiger partial charge is 0.0860 e. The highest BCUT2D eigenvalue weighted by Crippen LogP contribution is 2.38. The maximum atomic E-state index is 5.30. The lowest BCUT2D eigenvalue weighted by Crippen LogP contribution is -2.17. The summed E-state index contributed by atoms with van der Waals surface area (Å²) in [6, 6.07) is 0. The molecule has 0 aromatic heterocycles. The largest absolute Gasteiger partial charge is 0.390 e. The van der Waals surface area contributed by atoms with Gasteiger partial charge in [-0.2, -0.15) is 0 Å². The van der Waals surface area contributed by atoms with Gasteiger partial charge < -0.3 is 5.73 Å². The van der Waals surface area contributed by atoms with Gasteiger partial charge in [0.15, 0.2) is 0 Å². The Morgan fingerprint density at radius 1 is 1.56 bits per heavy atom. The van der Waals surface area contributed by atoms with E-state index in [0.29, 0.717) is 0 Å². The number of hydrogen-bond donors (Lipinski definition) is 1. The van der Waals surface area contributed by atoms with Crippen LogP contribution in [0.15, 0.2) is 65.4 Å². The van der Waals surface area contributed by atoms with Crippen molar-refractivity contribution in [2.75, 3.05) is 0 Å². The van der Waals surface area contributed by atoms with E-state index in [0.717, 1.165) is 18.5 Å². The molecular weight excluding hydrogens is 220 g/mol. The Labute approximate surface area is 110 Å². The first kappa shape index (κ1) is 14.2. The van der Waals surface area contributed by atoms with Crippen LogP contribution in [-0.4, -0.2) is 6.34 Å². The monoisotopic (exact) mass is 242 g/mol. The zero-order valence-electron chi connectivity index (χ0n) is 11.3. The molecule has 2 nitrogen and oxygen atoms in total. The van der Waals surface area contributed by atoms with Gasteiger partial charge >= 0.3 is 0 Å². The minimum Gasteiger partial charge on any atom is -0.390 e. The molecule has 0 fully saturated rings. The van der Waals surface area contributed by atoms with Crippen molar-refractivity contribution in [2.24, 2.45) is 16.1 Å². The average Bonchev–Trinajstić information content (AvgIpc) is 2.38. The summed E-state index contributed by atoms with van der Waals surface area (Å²) in [5, 5.41) is 0. The van der Waals surface area contributed by atoms with Crippen LogP contribution in [-0.2, 0) is 0 Å². The van der Waals surface area contributed by atoms with Crippen molar-refractivity contribution in [3.8, 4) is 0 Å². The lowest BCUT2D eigenvalue weighted by atomic mass is 9.75. The third-order valence-electron chi connectivity index (χ3n) is 3.24. The summed E-state index contributed by atoms with van der Waals surface area (Å²) in [4.78, 5) is 4.09. The van der Waals surface area contributed by atoms with Gasteiger partial charge in [-0.3, -0.25) is 0 Å². The van der Waals surface area contributed by atoms with Gasteiger partial charge in [0.2, 0.25) is 0 Å². The van der Waals surface area contributed by atoms with Crippen LogP contribution in [0.4, 0.5) is 0 Å². The molecule has 0 radical (unpaired) electrons. The normalized spacial score (nSPS) is 24.8. The molecule has 96 valence electrons. The zero-order chi connectivity index (χ0) is 13.4. The van der Waals surface area contributed by atoms with E-state index in [1.807, 2.05) is 18.2 Å². The van der Waals surface area contributed by atoms with E-state index in [2.05, 4.69) is 43.6 Å². The Kier molecular flexibility index (Phi) is 5.37. The summed E-state index contributed by atoms with van der Waals surface area (Å²) >= 11 is 0. The van der Waals surface area contributed by atoms with Gasteiger partial charge in [-0.15, -0.1) is 0 Å². The van der Waals surface area contributed by atoms with E-state index in [-0.39, 0.29) is 5.41 Å². The lowest BCUT2D eigenvalue weighted by molar-refractivity contribution is 0.499. The van der Waals surface area contributed by atoms with E-state index < -0.39 is 0 Å². The van der Waals surface area contributed by atoms with Crippen molar-refractivity contribution in [1.29, 1.82) is 0 Å². The second-order valence-corrected chi connectivity index (χ2v) is 4.53. The van der Waals surface area contributed by atoms with Crippen molar-refractivity contribution in [2.45, 2.75) is 26.7 Å². The quantitative estimate of drug-likeness (QED) is 0.443. The highest BCUT2D eigenvalue weighted by atomic mass is 14.8. The highest BCUT2D eigenvalue weighted by Gasteiger charge is 2.25. The van der Waals surface area contributed by atoms with Crippen molar-refractivity contribution in [1.82, 2.24) is 0 Å². The number of hydrogen-bond acceptors (Lipinski definition) is 1. The molecule has 0 aromatic carbocycles. The number of rotatable bonds is 5. The molecule has 1 unspecified atom stereocenters. The van der Waals surface area contributed by atoms with E-state index in [1.54, 1.807) is 6.08 Å². The zero-order valence-corrected chi connectivity index (χ0v) is 11.3. The molecule has 2 heteroatoms. The number of aliphatic imine (C=N–C) groups is 1. The molecule has 0 saturated heterocycles. The van der Waals surface area contributed by atoms with E-state index in [4.69, 9.17) is 5.73 Å². The molecule has 1 atom stereocenters. The molecule has 0 saturated carbocycles. The topological polar surface area (TPSA) is 38.4 Å². The second kappa shape index (κ2) is 6.80. The fraction of sp³-hybridized carbons (Fsp3) is 0.312. The first-order valence-electron chi connectivity index (χ1n) is 6.28. The molecule has 0 amide bonds. The van der Waals surface area contributed by atoms with E-state index in [9.17, 15) is 0 Å². The summed E-state index contributed by atoms with van der Waals surface area (Å²) in [6.45, 7) is 8.11. The molecular formula is C16H22N2. The van der Waals surface area contributed by atoms with Crippen LogP contribution in [0.25, 0.3) is 0 Å². The predicted octanol–water partition coefficient (Wildman–Crippen LogP) is 3.90. The minimum absolute atomic E-state index is 0.0773. The Hall–Kier alpha value is -1.83. The molecule has 1 rings (SSSR count). The van der Waals surface area contributed by atoms with Crippen LogP contribution in [0.3, 0.4) is 0 Å². The van der Waals surface area contributed by atoms with Gasteiger partial charge in [0.05, 0.1) is 12.0 Å². The average molecular weight is 242 g/mol. The fourth-order valence-electron chi connectivity index (χ4n) is 2.10. The Morgan fingerprint density at radius 3 is 2.83 bits per heavy atom. The molecule has 1 aliphatic carbocycles. The third-order valence-corrected chi connectivity index (χ3v) is 3.24. The van der Waals surface area contributed by atoms with Crippen molar-refractivity contribution >= 4 is 6.34 Å².